The highest BCUT2D eigenvalue weighted by molar-refractivity contribution is 5.58. The van der Waals surface area contributed by atoms with Gasteiger partial charge in [-0.15, -0.1) is 0 Å². The molecule has 5 heteroatoms. The van der Waals surface area contributed by atoms with E-state index in [1.165, 1.54) is 25.9 Å². The van der Waals surface area contributed by atoms with Gasteiger partial charge in [0.25, 0.3) is 0 Å². The summed E-state index contributed by atoms with van der Waals surface area (Å²) in [7, 11) is 0. The fraction of sp³-hybridized carbons (Fsp3) is 0.609. The Bertz CT molecular complexity index is 735. The Labute approximate surface area is 169 Å². The van der Waals surface area contributed by atoms with E-state index >= 15 is 0 Å². The molecule has 0 saturated carbocycles. The molecule has 1 N–H and O–H groups in total. The van der Waals surface area contributed by atoms with Crippen molar-refractivity contribution in [2.24, 2.45) is 5.92 Å². The van der Waals surface area contributed by atoms with Crippen LogP contribution in [0.15, 0.2) is 36.7 Å². The highest BCUT2D eigenvalue weighted by Crippen LogP contribution is 2.24. The van der Waals surface area contributed by atoms with E-state index in [0.29, 0.717) is 6.42 Å². The Morgan fingerprint density at radius 1 is 1.29 bits per heavy atom. The number of benzene rings is 1. The van der Waals surface area contributed by atoms with Crippen LogP contribution in [0.25, 0.3) is 11.4 Å². The van der Waals surface area contributed by atoms with E-state index in [9.17, 15) is 5.11 Å². The van der Waals surface area contributed by atoms with Crippen LogP contribution in [0.5, 0.6) is 5.75 Å². The van der Waals surface area contributed by atoms with Crippen molar-refractivity contribution in [2.75, 3.05) is 26.2 Å². The molecule has 0 bridgehead atoms. The lowest BCUT2D eigenvalue weighted by molar-refractivity contribution is 0.0663. The van der Waals surface area contributed by atoms with E-state index in [1.54, 1.807) is 0 Å². The molecule has 0 amide bonds. The van der Waals surface area contributed by atoms with Crippen LogP contribution >= 0.6 is 0 Å². The number of aryl methyl sites for hydroxylation is 1. The maximum atomic E-state index is 9.99. The van der Waals surface area contributed by atoms with Crippen molar-refractivity contribution in [3.05, 3.63) is 36.7 Å². The zero-order valence-corrected chi connectivity index (χ0v) is 17.6. The Morgan fingerprint density at radius 3 is 2.93 bits per heavy atom. The summed E-state index contributed by atoms with van der Waals surface area (Å²) < 4.78 is 8.10. The second-order valence-corrected chi connectivity index (χ2v) is 8.78. The number of piperidine rings is 1. The van der Waals surface area contributed by atoms with Gasteiger partial charge in [0.05, 0.1) is 12.2 Å². The molecule has 1 aromatic carbocycles. The monoisotopic (exact) mass is 385 g/mol. The molecule has 1 saturated heterocycles. The Hall–Kier alpha value is -1.85. The van der Waals surface area contributed by atoms with E-state index in [2.05, 4.69) is 33.5 Å². The zero-order chi connectivity index (χ0) is 20.0. The number of ether oxygens (including phenoxy) is 1. The van der Waals surface area contributed by atoms with Crippen molar-refractivity contribution in [2.45, 2.75) is 58.6 Å². The van der Waals surface area contributed by atoms with E-state index in [4.69, 9.17) is 4.74 Å². The summed E-state index contributed by atoms with van der Waals surface area (Å²) in [6, 6.07) is 8.15. The van der Waals surface area contributed by atoms with Gasteiger partial charge in [0.1, 0.15) is 11.6 Å². The summed E-state index contributed by atoms with van der Waals surface area (Å²) in [5, 5.41) is 9.99. The highest BCUT2D eigenvalue weighted by Gasteiger charge is 2.16. The predicted molar refractivity (Wildman–Crippen MR) is 114 cm³/mol. The van der Waals surface area contributed by atoms with Crippen LogP contribution in [0, 0.1) is 5.92 Å². The van der Waals surface area contributed by atoms with Crippen molar-refractivity contribution >= 4 is 0 Å². The van der Waals surface area contributed by atoms with Gasteiger partial charge in [0.2, 0.25) is 0 Å². The second kappa shape index (κ2) is 9.57. The van der Waals surface area contributed by atoms with Crippen molar-refractivity contribution in [1.29, 1.82) is 0 Å². The van der Waals surface area contributed by atoms with Crippen LogP contribution in [-0.4, -0.2) is 51.4 Å². The summed E-state index contributed by atoms with van der Waals surface area (Å²) in [6.45, 7) is 11.1. The SMILES string of the molecule is CC1CCCN(CCCOc2cccc(-c3nccn3CCC(C)(C)O)c2)C1. The average Bonchev–Trinajstić information content (AvgIpc) is 3.12. The van der Waals surface area contributed by atoms with Crippen molar-refractivity contribution in [3.63, 3.8) is 0 Å². The van der Waals surface area contributed by atoms with Gasteiger partial charge in [0, 0.05) is 37.6 Å². The van der Waals surface area contributed by atoms with Gasteiger partial charge < -0.3 is 19.3 Å². The predicted octanol–water partition coefficient (Wildman–Crippen LogP) is 4.21. The quantitative estimate of drug-likeness (QED) is 0.657. The molecule has 5 nitrogen and oxygen atoms in total. The molecule has 1 fully saturated rings. The molecular formula is C23H35N3O2. The van der Waals surface area contributed by atoms with Crippen molar-refractivity contribution < 1.29 is 9.84 Å². The maximum Gasteiger partial charge on any atom is 0.140 e. The van der Waals surface area contributed by atoms with Gasteiger partial charge in [-0.05, 0) is 64.1 Å². The van der Waals surface area contributed by atoms with E-state index in [1.807, 2.05) is 38.4 Å². The summed E-state index contributed by atoms with van der Waals surface area (Å²) >= 11 is 0. The molecule has 154 valence electrons. The van der Waals surface area contributed by atoms with Crippen LogP contribution in [0.4, 0.5) is 0 Å². The number of likely N-dealkylation sites (tertiary alicyclic amines) is 1. The molecule has 28 heavy (non-hydrogen) atoms. The molecule has 2 heterocycles. The summed E-state index contributed by atoms with van der Waals surface area (Å²) in [5.41, 5.74) is 0.363. The maximum absolute atomic E-state index is 9.99. The van der Waals surface area contributed by atoms with Gasteiger partial charge in [-0.25, -0.2) is 4.98 Å². The minimum atomic E-state index is -0.682. The van der Waals surface area contributed by atoms with Crippen LogP contribution < -0.4 is 4.74 Å². The third-order valence-corrected chi connectivity index (χ3v) is 5.40. The van der Waals surface area contributed by atoms with Gasteiger partial charge in [0.15, 0.2) is 0 Å². The fourth-order valence-electron chi connectivity index (χ4n) is 3.84. The standard InChI is InChI=1S/C23H35N3O2/c1-19-7-5-12-25(18-19)13-6-16-28-21-9-4-8-20(17-21)22-24-11-15-26(22)14-10-23(2,3)27/h4,8-9,11,15,17,19,27H,5-7,10,12-14,16,18H2,1-3H3. The Balaban J connectivity index is 1.52. The van der Waals surface area contributed by atoms with E-state index in [0.717, 1.165) is 49.2 Å². The molecule has 0 aliphatic carbocycles. The molecule has 1 aromatic heterocycles. The molecule has 3 rings (SSSR count). The van der Waals surface area contributed by atoms with Crippen LogP contribution in [0.2, 0.25) is 0 Å². The fourth-order valence-corrected chi connectivity index (χ4v) is 3.84. The minimum absolute atomic E-state index is 0.682. The molecule has 0 radical (unpaired) electrons. The summed E-state index contributed by atoms with van der Waals surface area (Å²) in [5.74, 6) is 2.63. The highest BCUT2D eigenvalue weighted by atomic mass is 16.5. The Kier molecular flexibility index (Phi) is 7.13. The van der Waals surface area contributed by atoms with Crippen LogP contribution in [-0.2, 0) is 6.54 Å². The number of nitrogens with zero attached hydrogens (tertiary/aromatic N) is 3. The first-order valence-corrected chi connectivity index (χ1v) is 10.6. The van der Waals surface area contributed by atoms with Crippen LogP contribution in [0.3, 0.4) is 0 Å². The minimum Gasteiger partial charge on any atom is -0.494 e. The van der Waals surface area contributed by atoms with Crippen molar-refractivity contribution in [3.8, 4) is 17.1 Å². The number of aromatic nitrogens is 2. The smallest absolute Gasteiger partial charge is 0.140 e. The first-order valence-electron chi connectivity index (χ1n) is 10.6. The van der Waals surface area contributed by atoms with Crippen molar-refractivity contribution in [1.82, 2.24) is 14.5 Å². The third-order valence-electron chi connectivity index (χ3n) is 5.40. The molecular weight excluding hydrogens is 350 g/mol. The second-order valence-electron chi connectivity index (χ2n) is 8.78. The molecule has 1 aliphatic rings. The number of hydrogen-bond acceptors (Lipinski definition) is 4. The summed E-state index contributed by atoms with van der Waals surface area (Å²) in [4.78, 5) is 7.07. The molecule has 2 aromatic rings. The molecule has 1 aliphatic heterocycles. The topological polar surface area (TPSA) is 50.5 Å². The largest absolute Gasteiger partial charge is 0.494 e. The number of hydrogen-bond donors (Lipinski definition) is 1. The third kappa shape index (κ3) is 6.35. The number of rotatable bonds is 9. The lowest BCUT2D eigenvalue weighted by atomic mass is 10.0. The molecule has 1 atom stereocenters. The number of imidazole rings is 1. The van der Waals surface area contributed by atoms with Gasteiger partial charge in [-0.3, -0.25) is 0 Å². The lowest BCUT2D eigenvalue weighted by Crippen LogP contribution is -2.35. The summed E-state index contributed by atoms with van der Waals surface area (Å²) in [6.07, 6.45) is 8.20. The normalized spacial score (nSPS) is 18.4. The lowest BCUT2D eigenvalue weighted by Gasteiger charge is -2.30. The van der Waals surface area contributed by atoms with Gasteiger partial charge >= 0.3 is 0 Å². The first-order chi connectivity index (χ1) is 13.4. The Morgan fingerprint density at radius 2 is 2.14 bits per heavy atom. The molecule has 0 spiro atoms. The average molecular weight is 386 g/mol. The zero-order valence-electron chi connectivity index (χ0n) is 17.6. The number of aliphatic hydroxyl groups is 1. The van der Waals surface area contributed by atoms with E-state index in [-0.39, 0.29) is 0 Å². The van der Waals surface area contributed by atoms with E-state index < -0.39 is 5.60 Å². The van der Waals surface area contributed by atoms with Gasteiger partial charge in [-0.2, -0.15) is 0 Å². The van der Waals surface area contributed by atoms with Crippen LogP contribution in [0.1, 0.15) is 46.5 Å². The van der Waals surface area contributed by atoms with Gasteiger partial charge in [-0.1, -0.05) is 19.1 Å². The first kappa shape index (κ1) is 20.9. The molecule has 1 unspecified atom stereocenters.